The lowest BCUT2D eigenvalue weighted by atomic mass is 10.2. The Morgan fingerprint density at radius 1 is 1.44 bits per heavy atom. The van der Waals surface area contributed by atoms with Crippen LogP contribution in [0, 0.1) is 0 Å². The first kappa shape index (κ1) is 12.0. The van der Waals surface area contributed by atoms with Crippen LogP contribution in [0.3, 0.4) is 0 Å². The summed E-state index contributed by atoms with van der Waals surface area (Å²) in [5.74, 6) is -0.0146. The van der Waals surface area contributed by atoms with E-state index in [1.807, 2.05) is 11.4 Å². The molecule has 0 fully saturated rings. The van der Waals surface area contributed by atoms with Crippen molar-refractivity contribution in [3.8, 4) is 0 Å². The van der Waals surface area contributed by atoms with Crippen LogP contribution >= 0.6 is 50.2 Å². The third-order valence-corrected chi connectivity index (χ3v) is 4.60. The van der Waals surface area contributed by atoms with Gasteiger partial charge < -0.3 is 0 Å². The van der Waals surface area contributed by atoms with Gasteiger partial charge in [-0.1, -0.05) is 17.7 Å². The lowest BCUT2D eigenvalue weighted by molar-refractivity contribution is 0.105. The maximum absolute atomic E-state index is 11.7. The zero-order chi connectivity index (χ0) is 11.5. The zero-order valence-electron chi connectivity index (χ0n) is 7.94. The molecule has 0 bridgehead atoms. The minimum Gasteiger partial charge on any atom is -0.288 e. The van der Waals surface area contributed by atoms with Gasteiger partial charge in [0.05, 0.1) is 13.0 Å². The predicted octanol–water partition coefficient (Wildman–Crippen LogP) is 5.12. The molecule has 0 N–H and O–H groups in total. The molecule has 2 heterocycles. The molecular formula is C11H6BrClOS2. The summed E-state index contributed by atoms with van der Waals surface area (Å²) in [6, 6.07) is 5.44. The second-order valence-electron chi connectivity index (χ2n) is 2.99. The van der Waals surface area contributed by atoms with Crippen molar-refractivity contribution < 1.29 is 4.79 Å². The average Bonchev–Trinajstić information content (AvgIpc) is 2.84. The summed E-state index contributed by atoms with van der Waals surface area (Å²) in [5, 5.41) is 1.98. The molecule has 0 radical (unpaired) electrons. The summed E-state index contributed by atoms with van der Waals surface area (Å²) in [7, 11) is 0. The molecular weight excluding hydrogens is 328 g/mol. The van der Waals surface area contributed by atoms with E-state index >= 15 is 0 Å². The molecule has 2 aromatic heterocycles. The van der Waals surface area contributed by atoms with Crippen molar-refractivity contribution in [2.45, 2.75) is 0 Å². The van der Waals surface area contributed by atoms with Gasteiger partial charge in [-0.25, -0.2) is 0 Å². The van der Waals surface area contributed by atoms with Gasteiger partial charge >= 0.3 is 0 Å². The molecule has 0 saturated carbocycles. The van der Waals surface area contributed by atoms with E-state index in [1.54, 1.807) is 35.6 Å². The van der Waals surface area contributed by atoms with E-state index in [0.29, 0.717) is 9.21 Å². The van der Waals surface area contributed by atoms with E-state index in [0.717, 1.165) is 9.35 Å². The number of carbonyl (C=O) groups excluding carboxylic acids is 1. The maximum Gasteiger partial charge on any atom is 0.195 e. The average molecular weight is 334 g/mol. The van der Waals surface area contributed by atoms with E-state index in [1.165, 1.54) is 11.3 Å². The van der Waals surface area contributed by atoms with Crippen molar-refractivity contribution in [3.63, 3.8) is 0 Å². The van der Waals surface area contributed by atoms with Crippen molar-refractivity contribution in [3.05, 3.63) is 48.2 Å². The fourth-order valence-corrected chi connectivity index (χ4v) is 3.22. The second-order valence-corrected chi connectivity index (χ2v) is 6.99. The van der Waals surface area contributed by atoms with Crippen molar-refractivity contribution in [2.24, 2.45) is 0 Å². The van der Waals surface area contributed by atoms with Crippen LogP contribution in [0.2, 0.25) is 4.34 Å². The van der Waals surface area contributed by atoms with Crippen LogP contribution in [-0.4, -0.2) is 5.78 Å². The van der Waals surface area contributed by atoms with Gasteiger partial charge in [0.2, 0.25) is 0 Å². The Bertz CT molecular complexity index is 542. The van der Waals surface area contributed by atoms with Gasteiger partial charge in [-0.3, -0.25) is 4.79 Å². The first-order chi connectivity index (χ1) is 7.65. The van der Waals surface area contributed by atoms with Crippen LogP contribution in [0.25, 0.3) is 6.08 Å². The van der Waals surface area contributed by atoms with Gasteiger partial charge in [0.25, 0.3) is 0 Å². The van der Waals surface area contributed by atoms with E-state index in [4.69, 9.17) is 11.6 Å². The van der Waals surface area contributed by atoms with Crippen LogP contribution < -0.4 is 0 Å². The van der Waals surface area contributed by atoms with E-state index < -0.39 is 0 Å². The molecule has 5 heteroatoms. The van der Waals surface area contributed by atoms with Gasteiger partial charge in [-0.15, -0.1) is 22.7 Å². The Hall–Kier alpha value is -0.420. The SMILES string of the molecule is O=C(/C=C/c1csc(Br)c1)c1ccc(Cl)s1. The minimum absolute atomic E-state index is 0.0146. The lowest BCUT2D eigenvalue weighted by Gasteiger charge is -1.87. The third-order valence-electron chi connectivity index (χ3n) is 1.83. The summed E-state index contributed by atoms with van der Waals surface area (Å²) in [4.78, 5) is 12.4. The molecule has 0 saturated heterocycles. The second kappa shape index (κ2) is 5.27. The Labute approximate surface area is 115 Å². The summed E-state index contributed by atoms with van der Waals surface area (Å²) in [5.41, 5.74) is 1.02. The van der Waals surface area contributed by atoms with Gasteiger partial charge in [0.15, 0.2) is 5.78 Å². The first-order valence-corrected chi connectivity index (χ1v) is 7.23. The highest BCUT2D eigenvalue weighted by atomic mass is 79.9. The Kier molecular flexibility index (Phi) is 3.97. The van der Waals surface area contributed by atoms with Crippen LogP contribution in [0.1, 0.15) is 15.2 Å². The molecule has 0 amide bonds. The molecule has 0 aromatic carbocycles. The Morgan fingerprint density at radius 2 is 2.25 bits per heavy atom. The molecule has 0 aliphatic heterocycles. The molecule has 82 valence electrons. The van der Waals surface area contributed by atoms with Gasteiger partial charge in [0, 0.05) is 0 Å². The van der Waals surface area contributed by atoms with Crippen molar-refractivity contribution in [1.29, 1.82) is 0 Å². The molecule has 1 nitrogen and oxygen atoms in total. The third kappa shape index (κ3) is 3.04. The van der Waals surface area contributed by atoms with Crippen LogP contribution in [0.4, 0.5) is 0 Å². The first-order valence-electron chi connectivity index (χ1n) is 4.37. The number of allylic oxidation sites excluding steroid dienone is 1. The molecule has 0 aliphatic rings. The van der Waals surface area contributed by atoms with Crippen LogP contribution in [0.15, 0.2) is 33.4 Å². The summed E-state index contributed by atoms with van der Waals surface area (Å²) in [6.45, 7) is 0. The number of ketones is 1. The molecule has 0 atom stereocenters. The maximum atomic E-state index is 11.7. The van der Waals surface area contributed by atoms with E-state index in [-0.39, 0.29) is 5.78 Å². The molecule has 2 aromatic rings. The van der Waals surface area contributed by atoms with Crippen LogP contribution in [0.5, 0.6) is 0 Å². The normalized spacial score (nSPS) is 11.1. The van der Waals surface area contributed by atoms with E-state index in [9.17, 15) is 4.79 Å². The van der Waals surface area contributed by atoms with Crippen molar-refractivity contribution >= 4 is 62.1 Å². The fourth-order valence-electron chi connectivity index (χ4n) is 1.11. The molecule has 16 heavy (non-hydrogen) atoms. The molecule has 2 rings (SSSR count). The number of rotatable bonds is 3. The van der Waals surface area contributed by atoms with Gasteiger partial charge in [0.1, 0.15) is 0 Å². The van der Waals surface area contributed by atoms with E-state index in [2.05, 4.69) is 15.9 Å². The highest BCUT2D eigenvalue weighted by Gasteiger charge is 2.04. The molecule has 0 spiro atoms. The zero-order valence-corrected chi connectivity index (χ0v) is 11.9. The molecule has 0 unspecified atom stereocenters. The number of halogens is 2. The quantitative estimate of drug-likeness (QED) is 0.562. The summed E-state index contributed by atoms with van der Waals surface area (Å²) >= 11 is 12.0. The fraction of sp³-hybridized carbons (Fsp3) is 0. The van der Waals surface area contributed by atoms with Crippen molar-refractivity contribution in [1.82, 2.24) is 0 Å². The van der Waals surface area contributed by atoms with Crippen LogP contribution in [-0.2, 0) is 0 Å². The topological polar surface area (TPSA) is 17.1 Å². The minimum atomic E-state index is -0.0146. The van der Waals surface area contributed by atoms with Gasteiger partial charge in [-0.05, 0) is 51.1 Å². The Morgan fingerprint density at radius 3 is 2.81 bits per heavy atom. The highest BCUT2D eigenvalue weighted by molar-refractivity contribution is 9.11. The van der Waals surface area contributed by atoms with Gasteiger partial charge in [-0.2, -0.15) is 0 Å². The summed E-state index contributed by atoms with van der Waals surface area (Å²) in [6.07, 6.45) is 3.37. The Balaban J connectivity index is 2.10. The summed E-state index contributed by atoms with van der Waals surface area (Å²) < 4.78 is 1.69. The number of hydrogen-bond donors (Lipinski definition) is 0. The predicted molar refractivity (Wildman–Crippen MR) is 74.7 cm³/mol. The van der Waals surface area contributed by atoms with Crippen molar-refractivity contribution in [2.75, 3.05) is 0 Å². The monoisotopic (exact) mass is 332 g/mol. The highest BCUT2D eigenvalue weighted by Crippen LogP contribution is 2.24. The standard InChI is InChI=1S/C11H6BrClOS2/c12-10-5-7(6-15-10)1-2-8(14)9-3-4-11(13)16-9/h1-6H/b2-1+. The smallest absolute Gasteiger partial charge is 0.195 e. The largest absolute Gasteiger partial charge is 0.288 e. The number of carbonyl (C=O) groups is 1. The number of hydrogen-bond acceptors (Lipinski definition) is 3. The lowest BCUT2D eigenvalue weighted by Crippen LogP contribution is -1.87. The number of thiophene rings is 2. The molecule has 0 aliphatic carbocycles.